The number of ether oxygens (including phenoxy) is 2. The van der Waals surface area contributed by atoms with Gasteiger partial charge in [-0.25, -0.2) is 4.98 Å². The summed E-state index contributed by atoms with van der Waals surface area (Å²) in [5.41, 5.74) is 2.15. The molecule has 0 saturated heterocycles. The number of hydrogen-bond acceptors (Lipinski definition) is 5. The molecule has 0 amide bonds. The SMILES string of the molecule is CCC(C)Oc1c(CN(CCO)Cc2cncn2C)cccc1OC. The molecule has 0 aliphatic heterocycles. The predicted molar refractivity (Wildman–Crippen MR) is 97.8 cm³/mol. The first-order chi connectivity index (χ1) is 12.1. The van der Waals surface area contributed by atoms with E-state index in [1.165, 1.54) is 0 Å². The van der Waals surface area contributed by atoms with Crippen LogP contribution in [0, 0.1) is 0 Å². The van der Waals surface area contributed by atoms with Crippen LogP contribution >= 0.6 is 0 Å². The maximum atomic E-state index is 9.45. The summed E-state index contributed by atoms with van der Waals surface area (Å²) in [5.74, 6) is 1.52. The number of methoxy groups -OCH3 is 1. The van der Waals surface area contributed by atoms with Crippen LogP contribution in [0.5, 0.6) is 11.5 Å². The summed E-state index contributed by atoms with van der Waals surface area (Å²) in [6.45, 7) is 6.19. The Morgan fingerprint density at radius 3 is 2.72 bits per heavy atom. The second-order valence-electron chi connectivity index (χ2n) is 6.22. The maximum absolute atomic E-state index is 9.45. The minimum absolute atomic E-state index is 0.101. The number of benzene rings is 1. The molecule has 1 N–H and O–H groups in total. The molecule has 138 valence electrons. The average Bonchev–Trinajstić information content (AvgIpc) is 3.01. The Kier molecular flexibility index (Phi) is 7.28. The van der Waals surface area contributed by atoms with Gasteiger partial charge in [0.1, 0.15) is 0 Å². The number of para-hydroxylation sites is 1. The Morgan fingerprint density at radius 2 is 2.12 bits per heavy atom. The highest BCUT2D eigenvalue weighted by Crippen LogP contribution is 2.33. The summed E-state index contributed by atoms with van der Waals surface area (Å²) in [7, 11) is 3.63. The van der Waals surface area contributed by atoms with Crippen LogP contribution < -0.4 is 9.47 Å². The van der Waals surface area contributed by atoms with Crippen molar-refractivity contribution in [3.05, 3.63) is 42.0 Å². The molecule has 0 aliphatic carbocycles. The van der Waals surface area contributed by atoms with E-state index in [0.29, 0.717) is 19.6 Å². The fraction of sp³-hybridized carbons (Fsp3) is 0.526. The topological polar surface area (TPSA) is 59.8 Å². The van der Waals surface area contributed by atoms with Crippen LogP contribution in [0.3, 0.4) is 0 Å². The second-order valence-corrected chi connectivity index (χ2v) is 6.22. The van der Waals surface area contributed by atoms with Crippen molar-refractivity contribution in [2.24, 2.45) is 7.05 Å². The van der Waals surface area contributed by atoms with Gasteiger partial charge in [0.05, 0.1) is 31.8 Å². The largest absolute Gasteiger partial charge is 0.493 e. The molecule has 1 unspecified atom stereocenters. The first kappa shape index (κ1) is 19.3. The molecule has 1 heterocycles. The summed E-state index contributed by atoms with van der Waals surface area (Å²) in [6.07, 6.45) is 4.67. The van der Waals surface area contributed by atoms with E-state index in [9.17, 15) is 5.11 Å². The van der Waals surface area contributed by atoms with Gasteiger partial charge in [-0.2, -0.15) is 0 Å². The third kappa shape index (κ3) is 5.21. The fourth-order valence-corrected chi connectivity index (χ4v) is 2.63. The molecule has 6 heteroatoms. The van der Waals surface area contributed by atoms with Gasteiger partial charge in [-0.3, -0.25) is 4.90 Å². The van der Waals surface area contributed by atoms with Crippen molar-refractivity contribution in [2.75, 3.05) is 20.3 Å². The summed E-state index contributed by atoms with van der Waals surface area (Å²) in [6, 6.07) is 5.94. The molecule has 1 aromatic carbocycles. The summed E-state index contributed by atoms with van der Waals surface area (Å²) in [4.78, 5) is 6.34. The molecule has 0 saturated carbocycles. The molecule has 2 rings (SSSR count). The number of aromatic nitrogens is 2. The van der Waals surface area contributed by atoms with E-state index in [2.05, 4.69) is 23.7 Å². The fourth-order valence-electron chi connectivity index (χ4n) is 2.63. The maximum Gasteiger partial charge on any atom is 0.166 e. The molecular formula is C19H29N3O3. The third-order valence-electron chi connectivity index (χ3n) is 4.29. The van der Waals surface area contributed by atoms with E-state index in [1.54, 1.807) is 13.4 Å². The molecule has 1 aromatic heterocycles. The van der Waals surface area contributed by atoms with Crippen molar-refractivity contribution in [3.8, 4) is 11.5 Å². The van der Waals surface area contributed by atoms with E-state index in [4.69, 9.17) is 9.47 Å². The number of hydrogen-bond donors (Lipinski definition) is 1. The number of aryl methyl sites for hydroxylation is 1. The van der Waals surface area contributed by atoms with Crippen LogP contribution in [0.15, 0.2) is 30.7 Å². The number of aliphatic hydroxyl groups is 1. The number of nitrogens with zero attached hydrogens (tertiary/aromatic N) is 3. The van der Waals surface area contributed by atoms with Crippen LogP contribution in [-0.2, 0) is 20.1 Å². The van der Waals surface area contributed by atoms with Gasteiger partial charge in [-0.05, 0) is 19.4 Å². The summed E-state index contributed by atoms with van der Waals surface area (Å²) in [5, 5.41) is 9.45. The highest BCUT2D eigenvalue weighted by molar-refractivity contribution is 5.46. The minimum Gasteiger partial charge on any atom is -0.493 e. The monoisotopic (exact) mass is 347 g/mol. The van der Waals surface area contributed by atoms with E-state index in [-0.39, 0.29) is 12.7 Å². The quantitative estimate of drug-likeness (QED) is 0.716. The van der Waals surface area contributed by atoms with Gasteiger partial charge >= 0.3 is 0 Å². The smallest absolute Gasteiger partial charge is 0.166 e. The lowest BCUT2D eigenvalue weighted by Crippen LogP contribution is -2.27. The van der Waals surface area contributed by atoms with Crippen LogP contribution in [0.4, 0.5) is 0 Å². The third-order valence-corrected chi connectivity index (χ3v) is 4.29. The lowest BCUT2D eigenvalue weighted by Gasteiger charge is -2.24. The Balaban J connectivity index is 2.23. The molecule has 0 aliphatic rings. The first-order valence-corrected chi connectivity index (χ1v) is 8.70. The zero-order valence-electron chi connectivity index (χ0n) is 15.6. The normalized spacial score (nSPS) is 12.4. The van der Waals surface area contributed by atoms with Gasteiger partial charge in [0.2, 0.25) is 0 Å². The predicted octanol–water partition coefficient (Wildman–Crippen LogP) is 2.60. The zero-order valence-corrected chi connectivity index (χ0v) is 15.6. The average molecular weight is 347 g/mol. The van der Waals surface area contributed by atoms with Crippen molar-refractivity contribution >= 4 is 0 Å². The van der Waals surface area contributed by atoms with E-state index < -0.39 is 0 Å². The molecule has 0 radical (unpaired) electrons. The Morgan fingerprint density at radius 1 is 1.32 bits per heavy atom. The van der Waals surface area contributed by atoms with Gasteiger partial charge in [-0.1, -0.05) is 19.1 Å². The number of rotatable bonds is 10. The molecule has 2 aromatic rings. The summed E-state index contributed by atoms with van der Waals surface area (Å²) < 4.78 is 13.6. The molecule has 25 heavy (non-hydrogen) atoms. The van der Waals surface area contributed by atoms with E-state index >= 15 is 0 Å². The molecule has 0 fully saturated rings. The zero-order chi connectivity index (χ0) is 18.2. The lowest BCUT2D eigenvalue weighted by molar-refractivity contribution is 0.172. The summed E-state index contributed by atoms with van der Waals surface area (Å²) >= 11 is 0. The highest BCUT2D eigenvalue weighted by atomic mass is 16.5. The standard InChI is InChI=1S/C19H29N3O3/c1-5-15(2)25-19-16(7-6-8-18(19)24-4)12-22(9-10-23)13-17-11-20-14-21(17)3/h6-8,11,14-15,23H,5,9-10,12-13H2,1-4H3. The number of imidazole rings is 1. The van der Waals surface area contributed by atoms with E-state index in [1.807, 2.05) is 36.0 Å². The lowest BCUT2D eigenvalue weighted by atomic mass is 10.1. The molecular weight excluding hydrogens is 318 g/mol. The Bertz CT molecular complexity index is 657. The molecule has 6 nitrogen and oxygen atoms in total. The molecule has 0 spiro atoms. The first-order valence-electron chi connectivity index (χ1n) is 8.70. The highest BCUT2D eigenvalue weighted by Gasteiger charge is 2.17. The van der Waals surface area contributed by atoms with Crippen molar-refractivity contribution in [1.29, 1.82) is 0 Å². The van der Waals surface area contributed by atoms with Gasteiger partial charge in [-0.15, -0.1) is 0 Å². The minimum atomic E-state index is 0.101. The van der Waals surface area contributed by atoms with Crippen molar-refractivity contribution in [2.45, 2.75) is 39.5 Å². The second kappa shape index (κ2) is 9.44. The van der Waals surface area contributed by atoms with Crippen LogP contribution in [0.25, 0.3) is 0 Å². The molecule has 0 bridgehead atoms. The van der Waals surface area contributed by atoms with Gasteiger partial charge in [0.15, 0.2) is 11.5 Å². The van der Waals surface area contributed by atoms with E-state index in [0.717, 1.165) is 29.2 Å². The van der Waals surface area contributed by atoms with Gasteiger partial charge in [0.25, 0.3) is 0 Å². The Hall–Kier alpha value is -2.05. The van der Waals surface area contributed by atoms with Gasteiger partial charge in [0, 0.05) is 38.4 Å². The van der Waals surface area contributed by atoms with Crippen LogP contribution in [-0.4, -0.2) is 45.9 Å². The molecule has 1 atom stereocenters. The van der Waals surface area contributed by atoms with Gasteiger partial charge < -0.3 is 19.1 Å². The van der Waals surface area contributed by atoms with Crippen molar-refractivity contribution < 1.29 is 14.6 Å². The van der Waals surface area contributed by atoms with Crippen molar-refractivity contribution in [1.82, 2.24) is 14.5 Å². The van der Waals surface area contributed by atoms with Crippen molar-refractivity contribution in [3.63, 3.8) is 0 Å². The van der Waals surface area contributed by atoms with Crippen LogP contribution in [0.1, 0.15) is 31.5 Å². The number of aliphatic hydroxyl groups excluding tert-OH is 1. The van der Waals surface area contributed by atoms with Crippen LogP contribution in [0.2, 0.25) is 0 Å². The Labute approximate surface area is 150 Å².